The number of esters is 1. The van der Waals surface area contributed by atoms with Crippen LogP contribution in [0.15, 0.2) is 28.7 Å². The summed E-state index contributed by atoms with van der Waals surface area (Å²) in [5, 5.41) is 0. The van der Waals surface area contributed by atoms with Crippen LogP contribution in [0.2, 0.25) is 0 Å². The molecule has 2 rings (SSSR count). The highest BCUT2D eigenvalue weighted by molar-refractivity contribution is 5.73. The summed E-state index contributed by atoms with van der Waals surface area (Å²) in [5.74, 6) is -1.60. The molecule has 0 radical (unpaired) electrons. The quantitative estimate of drug-likeness (QED) is 0.572. The smallest absolute Gasteiger partial charge is 0.305 e. The van der Waals surface area contributed by atoms with Crippen LogP contribution in [0.1, 0.15) is 23.4 Å². The highest BCUT2D eigenvalue weighted by Gasteiger charge is 2.17. The first kappa shape index (κ1) is 17.7. The number of hydrogen-bond donors (Lipinski definition) is 0. The lowest BCUT2D eigenvalue weighted by Gasteiger charge is -2.20. The molecule has 1 aromatic heterocycles. The van der Waals surface area contributed by atoms with Gasteiger partial charge in [-0.25, -0.2) is 8.78 Å². The van der Waals surface area contributed by atoms with Crippen molar-refractivity contribution < 1.29 is 27.5 Å². The minimum Gasteiger partial charge on any atom is -0.469 e. The fourth-order valence-electron chi connectivity index (χ4n) is 2.32. The average molecular weight is 337 g/mol. The standard InChI is InChI=1S/C17H17F2NO4/c1-20(7-3-4-16(22)23-2)17-13(18)8-11(9-14(17)19)15-6-5-12(10-21)24-15/h5-6,8-10H,3-4,7H2,1-2H3. The van der Waals surface area contributed by atoms with E-state index in [2.05, 4.69) is 4.74 Å². The molecule has 24 heavy (non-hydrogen) atoms. The van der Waals surface area contributed by atoms with E-state index in [4.69, 9.17) is 4.42 Å². The van der Waals surface area contributed by atoms with Crippen LogP contribution < -0.4 is 4.90 Å². The van der Waals surface area contributed by atoms with Crippen molar-refractivity contribution >= 4 is 17.9 Å². The lowest BCUT2D eigenvalue weighted by molar-refractivity contribution is -0.140. The Bertz CT molecular complexity index is 719. The van der Waals surface area contributed by atoms with Crippen LogP contribution >= 0.6 is 0 Å². The molecule has 128 valence electrons. The van der Waals surface area contributed by atoms with Crippen LogP contribution in [-0.4, -0.2) is 33.0 Å². The number of ether oxygens (including phenoxy) is 1. The number of carbonyl (C=O) groups excluding carboxylic acids is 2. The average Bonchev–Trinajstić information content (AvgIpc) is 3.03. The van der Waals surface area contributed by atoms with Crippen LogP contribution in [-0.2, 0) is 9.53 Å². The van der Waals surface area contributed by atoms with Gasteiger partial charge >= 0.3 is 5.97 Å². The van der Waals surface area contributed by atoms with Crippen molar-refractivity contribution in [3.63, 3.8) is 0 Å². The van der Waals surface area contributed by atoms with Crippen LogP contribution in [0.5, 0.6) is 0 Å². The van der Waals surface area contributed by atoms with Gasteiger partial charge in [-0.1, -0.05) is 0 Å². The number of anilines is 1. The van der Waals surface area contributed by atoms with E-state index in [1.807, 2.05) is 0 Å². The maximum absolute atomic E-state index is 14.3. The topological polar surface area (TPSA) is 59.8 Å². The van der Waals surface area contributed by atoms with Gasteiger partial charge in [-0.15, -0.1) is 0 Å². The first-order valence-corrected chi connectivity index (χ1v) is 7.28. The van der Waals surface area contributed by atoms with Gasteiger partial charge in [0.25, 0.3) is 0 Å². The molecule has 0 N–H and O–H groups in total. The van der Waals surface area contributed by atoms with Gasteiger partial charge in [-0.2, -0.15) is 0 Å². The molecule has 0 bridgehead atoms. The van der Waals surface area contributed by atoms with Gasteiger partial charge in [0.1, 0.15) is 23.1 Å². The number of aldehydes is 1. The SMILES string of the molecule is COC(=O)CCCN(C)c1c(F)cc(-c2ccc(C=O)o2)cc1F. The number of rotatable bonds is 7. The Labute approximate surface area is 137 Å². The molecule has 7 heteroatoms. The second kappa shape index (κ2) is 7.72. The Balaban J connectivity index is 2.17. The zero-order chi connectivity index (χ0) is 17.7. The summed E-state index contributed by atoms with van der Waals surface area (Å²) in [5.41, 5.74) is 0.00981. The lowest BCUT2D eigenvalue weighted by Crippen LogP contribution is -2.22. The number of nitrogens with zero attached hydrogens (tertiary/aromatic N) is 1. The Morgan fingerprint density at radius 3 is 2.50 bits per heavy atom. The molecule has 1 aromatic carbocycles. The number of carbonyl (C=O) groups is 2. The van der Waals surface area contributed by atoms with Gasteiger partial charge in [0.05, 0.1) is 7.11 Å². The van der Waals surface area contributed by atoms with E-state index in [9.17, 15) is 18.4 Å². The van der Waals surface area contributed by atoms with Crippen molar-refractivity contribution in [1.82, 2.24) is 0 Å². The maximum atomic E-state index is 14.3. The molecule has 1 heterocycles. The van der Waals surface area contributed by atoms with Crippen molar-refractivity contribution in [3.05, 3.63) is 41.7 Å². The summed E-state index contributed by atoms with van der Waals surface area (Å²) in [6.45, 7) is 0.290. The minimum absolute atomic E-state index is 0.0785. The van der Waals surface area contributed by atoms with E-state index in [0.717, 1.165) is 12.1 Å². The number of benzene rings is 1. The van der Waals surface area contributed by atoms with Crippen molar-refractivity contribution in [3.8, 4) is 11.3 Å². The molecule has 0 saturated carbocycles. The molecular formula is C17H17F2NO4. The van der Waals surface area contributed by atoms with E-state index < -0.39 is 11.6 Å². The third-order valence-corrected chi connectivity index (χ3v) is 3.53. The van der Waals surface area contributed by atoms with Crippen LogP contribution in [0.25, 0.3) is 11.3 Å². The molecule has 0 fully saturated rings. The zero-order valence-electron chi connectivity index (χ0n) is 13.3. The predicted molar refractivity (Wildman–Crippen MR) is 84.0 cm³/mol. The van der Waals surface area contributed by atoms with Crippen molar-refractivity contribution in [2.24, 2.45) is 0 Å². The van der Waals surface area contributed by atoms with Gasteiger partial charge in [0.15, 0.2) is 12.0 Å². The van der Waals surface area contributed by atoms with Gasteiger partial charge in [-0.05, 0) is 30.7 Å². The third kappa shape index (κ3) is 3.98. The van der Waals surface area contributed by atoms with Gasteiger partial charge in [0, 0.05) is 25.6 Å². The summed E-state index contributed by atoms with van der Waals surface area (Å²) in [6, 6.07) is 5.17. The van der Waals surface area contributed by atoms with E-state index >= 15 is 0 Å². The summed E-state index contributed by atoms with van der Waals surface area (Å²) in [4.78, 5) is 23.1. The molecule has 5 nitrogen and oxygen atoms in total. The molecule has 0 spiro atoms. The Hall–Kier alpha value is -2.70. The summed E-state index contributed by atoms with van der Waals surface area (Å²) < 4.78 is 38.3. The molecule has 0 aliphatic heterocycles. The second-order valence-electron chi connectivity index (χ2n) is 5.21. The number of hydrogen-bond acceptors (Lipinski definition) is 5. The minimum atomic E-state index is -0.755. The molecular weight excluding hydrogens is 320 g/mol. The van der Waals surface area contributed by atoms with Gasteiger partial charge < -0.3 is 14.1 Å². The fourth-order valence-corrected chi connectivity index (χ4v) is 2.32. The van der Waals surface area contributed by atoms with E-state index in [0.29, 0.717) is 19.3 Å². The molecule has 0 atom stereocenters. The molecule has 0 amide bonds. The number of halogens is 2. The maximum Gasteiger partial charge on any atom is 0.305 e. The van der Waals surface area contributed by atoms with Crippen LogP contribution in [0.3, 0.4) is 0 Å². The first-order chi connectivity index (χ1) is 11.5. The summed E-state index contributed by atoms with van der Waals surface area (Å²) in [6.07, 6.45) is 1.09. The van der Waals surface area contributed by atoms with Gasteiger partial charge in [-0.3, -0.25) is 9.59 Å². The molecule has 0 aliphatic rings. The van der Waals surface area contributed by atoms with Crippen molar-refractivity contribution in [2.45, 2.75) is 12.8 Å². The highest BCUT2D eigenvalue weighted by Crippen LogP contribution is 2.30. The highest BCUT2D eigenvalue weighted by atomic mass is 19.1. The monoisotopic (exact) mass is 337 g/mol. The van der Waals surface area contributed by atoms with Crippen LogP contribution in [0.4, 0.5) is 14.5 Å². The molecule has 0 unspecified atom stereocenters. The van der Waals surface area contributed by atoms with E-state index in [1.54, 1.807) is 0 Å². The normalized spacial score (nSPS) is 10.5. The first-order valence-electron chi connectivity index (χ1n) is 7.28. The Kier molecular flexibility index (Phi) is 5.68. The van der Waals surface area contributed by atoms with Crippen molar-refractivity contribution in [1.29, 1.82) is 0 Å². The largest absolute Gasteiger partial charge is 0.469 e. The van der Waals surface area contributed by atoms with Crippen molar-refractivity contribution in [2.75, 3.05) is 25.6 Å². The molecule has 0 aliphatic carbocycles. The van der Waals surface area contributed by atoms with Gasteiger partial charge in [0.2, 0.25) is 0 Å². The third-order valence-electron chi connectivity index (χ3n) is 3.53. The molecule has 2 aromatic rings. The fraction of sp³-hybridized carbons (Fsp3) is 0.294. The number of furan rings is 1. The van der Waals surface area contributed by atoms with E-state index in [-0.39, 0.29) is 35.2 Å². The van der Waals surface area contributed by atoms with Crippen LogP contribution in [0, 0.1) is 11.6 Å². The van der Waals surface area contributed by atoms with E-state index in [1.165, 1.54) is 31.2 Å². The lowest BCUT2D eigenvalue weighted by atomic mass is 10.1. The molecule has 0 saturated heterocycles. The summed E-state index contributed by atoms with van der Waals surface area (Å²) in [7, 11) is 2.82. The zero-order valence-corrected chi connectivity index (χ0v) is 13.3. The predicted octanol–water partition coefficient (Wildman–Crippen LogP) is 3.43. The number of methoxy groups -OCH3 is 1. The summed E-state index contributed by atoms with van der Waals surface area (Å²) >= 11 is 0. The second-order valence-corrected chi connectivity index (χ2v) is 5.21. The Morgan fingerprint density at radius 2 is 1.96 bits per heavy atom. The Morgan fingerprint density at radius 1 is 1.29 bits per heavy atom.